The van der Waals surface area contributed by atoms with Gasteiger partial charge in [0.25, 0.3) is 11.8 Å². The number of anilines is 1. The molecule has 1 saturated carbocycles. The summed E-state index contributed by atoms with van der Waals surface area (Å²) < 4.78 is 0. The van der Waals surface area contributed by atoms with Crippen molar-refractivity contribution in [2.24, 2.45) is 0 Å². The molecule has 0 atom stereocenters. The number of rotatable bonds is 4. The lowest BCUT2D eigenvalue weighted by Gasteiger charge is -2.31. The minimum absolute atomic E-state index is 0.0308. The van der Waals surface area contributed by atoms with Gasteiger partial charge in [-0.25, -0.2) is 0 Å². The summed E-state index contributed by atoms with van der Waals surface area (Å²) in [6.45, 7) is 1.98. The van der Waals surface area contributed by atoms with Gasteiger partial charge < -0.3 is 10.2 Å². The second-order valence-electron chi connectivity index (χ2n) is 7.07. The molecule has 2 aromatic carbocycles. The van der Waals surface area contributed by atoms with Crippen molar-refractivity contribution >= 4 is 17.5 Å². The van der Waals surface area contributed by atoms with Gasteiger partial charge in [0.05, 0.1) is 11.3 Å². The first kappa shape index (κ1) is 18.2. The Balaban J connectivity index is 1.78. The van der Waals surface area contributed by atoms with Gasteiger partial charge in [0, 0.05) is 18.7 Å². The summed E-state index contributed by atoms with van der Waals surface area (Å²) in [6, 6.07) is 14.9. The van der Waals surface area contributed by atoms with Gasteiger partial charge in [-0.15, -0.1) is 0 Å². The zero-order valence-electron chi connectivity index (χ0n) is 15.5. The summed E-state index contributed by atoms with van der Waals surface area (Å²) in [4.78, 5) is 27.4. The topological polar surface area (TPSA) is 49.4 Å². The maximum atomic E-state index is 13.0. The molecule has 1 fully saturated rings. The minimum atomic E-state index is -0.203. The van der Waals surface area contributed by atoms with E-state index in [4.69, 9.17) is 0 Å². The summed E-state index contributed by atoms with van der Waals surface area (Å²) in [7, 11) is 1.87. The molecule has 26 heavy (non-hydrogen) atoms. The molecule has 0 radical (unpaired) electrons. The summed E-state index contributed by atoms with van der Waals surface area (Å²) in [5.74, 6) is -0.234. The van der Waals surface area contributed by atoms with Crippen molar-refractivity contribution in [3.8, 4) is 0 Å². The summed E-state index contributed by atoms with van der Waals surface area (Å²) in [6.07, 6.45) is 5.71. The Labute approximate surface area is 155 Å². The highest BCUT2D eigenvalue weighted by Crippen LogP contribution is 2.25. The minimum Gasteiger partial charge on any atom is -0.339 e. The van der Waals surface area contributed by atoms with Crippen molar-refractivity contribution in [1.82, 2.24) is 4.90 Å². The predicted octanol–water partition coefficient (Wildman–Crippen LogP) is 4.65. The van der Waals surface area contributed by atoms with Gasteiger partial charge in [0.15, 0.2) is 0 Å². The lowest BCUT2D eigenvalue weighted by atomic mass is 9.94. The van der Waals surface area contributed by atoms with Crippen LogP contribution in [0.15, 0.2) is 48.5 Å². The van der Waals surface area contributed by atoms with Gasteiger partial charge in [-0.2, -0.15) is 0 Å². The second kappa shape index (κ2) is 8.17. The number of amides is 2. The molecular formula is C22H26N2O2. The molecule has 2 amide bonds. The van der Waals surface area contributed by atoms with Crippen LogP contribution in [0.2, 0.25) is 0 Å². The van der Waals surface area contributed by atoms with E-state index in [1.54, 1.807) is 24.3 Å². The van der Waals surface area contributed by atoms with Crippen molar-refractivity contribution < 1.29 is 9.59 Å². The highest BCUT2D eigenvalue weighted by molar-refractivity contribution is 6.09. The molecule has 1 N–H and O–H groups in total. The van der Waals surface area contributed by atoms with Gasteiger partial charge >= 0.3 is 0 Å². The fourth-order valence-corrected chi connectivity index (χ4v) is 3.50. The number of nitrogens with zero attached hydrogens (tertiary/aromatic N) is 1. The Bertz CT molecular complexity index is 777. The number of para-hydroxylation sites is 1. The molecule has 3 rings (SSSR count). The third-order valence-corrected chi connectivity index (χ3v) is 5.16. The van der Waals surface area contributed by atoms with Gasteiger partial charge in [-0.3, -0.25) is 9.59 Å². The summed E-state index contributed by atoms with van der Waals surface area (Å²) >= 11 is 0. The van der Waals surface area contributed by atoms with Crippen LogP contribution in [0.5, 0.6) is 0 Å². The van der Waals surface area contributed by atoms with Crippen LogP contribution in [-0.2, 0) is 0 Å². The van der Waals surface area contributed by atoms with Gasteiger partial charge in [-0.05, 0) is 44.0 Å². The third kappa shape index (κ3) is 4.13. The summed E-state index contributed by atoms with van der Waals surface area (Å²) in [5.41, 5.74) is 2.79. The fourth-order valence-electron chi connectivity index (χ4n) is 3.50. The van der Waals surface area contributed by atoms with Crippen molar-refractivity contribution in [3.05, 3.63) is 65.2 Å². The normalized spacial score (nSPS) is 14.7. The molecule has 0 heterocycles. The quantitative estimate of drug-likeness (QED) is 0.872. The van der Waals surface area contributed by atoms with E-state index in [9.17, 15) is 9.59 Å². The van der Waals surface area contributed by atoms with E-state index in [0.717, 1.165) is 18.4 Å². The van der Waals surface area contributed by atoms with E-state index in [1.165, 1.54) is 19.3 Å². The van der Waals surface area contributed by atoms with Crippen LogP contribution in [0.3, 0.4) is 0 Å². The lowest BCUT2D eigenvalue weighted by molar-refractivity contribution is 0.0697. The molecule has 1 aliphatic rings. The average Bonchev–Trinajstić information content (AvgIpc) is 2.68. The number of aryl methyl sites for hydroxylation is 1. The Morgan fingerprint density at radius 2 is 1.62 bits per heavy atom. The zero-order valence-corrected chi connectivity index (χ0v) is 15.5. The maximum absolute atomic E-state index is 13.0. The largest absolute Gasteiger partial charge is 0.339 e. The number of hydrogen-bond donors (Lipinski definition) is 1. The third-order valence-electron chi connectivity index (χ3n) is 5.16. The molecule has 0 aromatic heterocycles. The maximum Gasteiger partial charge on any atom is 0.255 e. The molecule has 0 saturated heterocycles. The Morgan fingerprint density at radius 1 is 0.962 bits per heavy atom. The average molecular weight is 350 g/mol. The van der Waals surface area contributed by atoms with Crippen molar-refractivity contribution in [3.63, 3.8) is 0 Å². The van der Waals surface area contributed by atoms with Crippen LogP contribution < -0.4 is 5.32 Å². The first-order valence-corrected chi connectivity index (χ1v) is 9.30. The highest BCUT2D eigenvalue weighted by Gasteiger charge is 2.24. The molecule has 136 valence electrons. The zero-order chi connectivity index (χ0) is 18.5. The van der Waals surface area contributed by atoms with E-state index in [0.29, 0.717) is 16.8 Å². The van der Waals surface area contributed by atoms with Crippen molar-refractivity contribution in [2.75, 3.05) is 12.4 Å². The number of hydrogen-bond acceptors (Lipinski definition) is 2. The Morgan fingerprint density at radius 3 is 2.31 bits per heavy atom. The molecule has 0 unspecified atom stereocenters. The standard InChI is InChI=1S/C22H26N2O2/c1-16-12-14-17(15-13-16)21(25)23-20-11-7-6-10-19(20)22(26)24(2)18-8-4-3-5-9-18/h6-7,10-15,18H,3-5,8-9H2,1-2H3,(H,23,25). The van der Waals surface area contributed by atoms with E-state index in [-0.39, 0.29) is 17.9 Å². The second-order valence-corrected chi connectivity index (χ2v) is 7.07. The lowest BCUT2D eigenvalue weighted by Crippen LogP contribution is -2.38. The van der Waals surface area contributed by atoms with E-state index >= 15 is 0 Å². The van der Waals surface area contributed by atoms with E-state index in [2.05, 4.69) is 5.32 Å². The first-order chi connectivity index (χ1) is 12.6. The number of nitrogens with one attached hydrogen (secondary N) is 1. The van der Waals surface area contributed by atoms with Gasteiger partial charge in [0.2, 0.25) is 0 Å². The van der Waals surface area contributed by atoms with Crippen LogP contribution in [0.1, 0.15) is 58.4 Å². The smallest absolute Gasteiger partial charge is 0.255 e. The fraction of sp³-hybridized carbons (Fsp3) is 0.364. The molecule has 0 aliphatic heterocycles. The van der Waals surface area contributed by atoms with Crippen LogP contribution >= 0.6 is 0 Å². The molecule has 1 aliphatic carbocycles. The number of benzene rings is 2. The van der Waals surface area contributed by atoms with Crippen molar-refractivity contribution in [2.45, 2.75) is 45.1 Å². The summed E-state index contributed by atoms with van der Waals surface area (Å²) in [5, 5.41) is 2.90. The van der Waals surface area contributed by atoms with Crippen LogP contribution in [0.25, 0.3) is 0 Å². The Hall–Kier alpha value is -2.62. The van der Waals surface area contributed by atoms with Crippen LogP contribution in [0, 0.1) is 6.92 Å². The SMILES string of the molecule is Cc1ccc(C(=O)Nc2ccccc2C(=O)N(C)C2CCCCC2)cc1. The Kier molecular flexibility index (Phi) is 5.71. The molecular weight excluding hydrogens is 324 g/mol. The highest BCUT2D eigenvalue weighted by atomic mass is 16.2. The number of carbonyl (C=O) groups excluding carboxylic acids is 2. The monoisotopic (exact) mass is 350 g/mol. The van der Waals surface area contributed by atoms with Gasteiger partial charge in [0.1, 0.15) is 0 Å². The molecule has 4 nitrogen and oxygen atoms in total. The van der Waals surface area contributed by atoms with Gasteiger partial charge in [-0.1, -0.05) is 49.1 Å². The van der Waals surface area contributed by atoms with Crippen LogP contribution in [-0.4, -0.2) is 29.8 Å². The molecule has 2 aromatic rings. The molecule has 4 heteroatoms. The van der Waals surface area contributed by atoms with Crippen LogP contribution in [0.4, 0.5) is 5.69 Å². The molecule has 0 spiro atoms. The predicted molar refractivity (Wildman–Crippen MR) is 105 cm³/mol. The number of carbonyl (C=O) groups is 2. The molecule has 0 bridgehead atoms. The van der Waals surface area contributed by atoms with E-state index < -0.39 is 0 Å². The van der Waals surface area contributed by atoms with Crippen molar-refractivity contribution in [1.29, 1.82) is 0 Å². The first-order valence-electron chi connectivity index (χ1n) is 9.30. The van der Waals surface area contributed by atoms with E-state index in [1.807, 2.05) is 43.1 Å².